The van der Waals surface area contributed by atoms with Gasteiger partial charge >= 0.3 is 0 Å². The fourth-order valence-electron chi connectivity index (χ4n) is 1.76. The Morgan fingerprint density at radius 2 is 2.06 bits per heavy atom. The second-order valence-electron chi connectivity index (χ2n) is 3.82. The zero-order valence-electron chi connectivity index (χ0n) is 10.1. The van der Waals surface area contributed by atoms with Crippen molar-refractivity contribution in [2.24, 2.45) is 12.8 Å². The molecule has 2 aromatic heterocycles. The summed E-state index contributed by atoms with van der Waals surface area (Å²) in [5.74, 6) is 0. The number of nitrogens with zero attached hydrogens (tertiary/aromatic N) is 3. The molecular weight excluding hydrogens is 232 g/mol. The maximum atomic E-state index is 5.64. The van der Waals surface area contributed by atoms with Gasteiger partial charge in [-0.15, -0.1) is 0 Å². The van der Waals surface area contributed by atoms with Gasteiger partial charge in [0.25, 0.3) is 0 Å². The number of nitrogens with two attached hydrogens (primary N) is 1. The van der Waals surface area contributed by atoms with E-state index in [9.17, 15) is 0 Å². The van der Waals surface area contributed by atoms with Crippen molar-refractivity contribution in [2.45, 2.75) is 23.3 Å². The molecule has 2 heterocycles. The van der Waals surface area contributed by atoms with Gasteiger partial charge in [0.2, 0.25) is 0 Å². The molecule has 2 rings (SSSR count). The summed E-state index contributed by atoms with van der Waals surface area (Å²) in [4.78, 5) is 5.19. The lowest BCUT2D eigenvalue weighted by Crippen LogP contribution is -2.04. The molecule has 0 atom stereocenters. The first-order valence-electron chi connectivity index (χ1n) is 5.52. The minimum Gasteiger partial charge on any atom is -0.330 e. The van der Waals surface area contributed by atoms with E-state index in [-0.39, 0.29) is 0 Å². The number of hydrogen-bond acceptors (Lipinski definition) is 4. The van der Waals surface area contributed by atoms with E-state index in [0.717, 1.165) is 12.1 Å². The molecule has 17 heavy (non-hydrogen) atoms. The Kier molecular flexibility index (Phi) is 3.81. The fourth-order valence-corrected chi connectivity index (χ4v) is 2.79. The highest BCUT2D eigenvalue weighted by Gasteiger charge is 2.13. The molecule has 0 spiro atoms. The number of rotatable bonds is 4. The van der Waals surface area contributed by atoms with Gasteiger partial charge in [-0.3, -0.25) is 9.67 Å². The summed E-state index contributed by atoms with van der Waals surface area (Å²) >= 11 is 1.71. The zero-order chi connectivity index (χ0) is 12.3. The molecule has 4 nitrogen and oxygen atoms in total. The first-order valence-corrected chi connectivity index (χ1v) is 6.34. The molecule has 0 aromatic carbocycles. The Morgan fingerprint density at radius 3 is 2.71 bits per heavy atom. The van der Waals surface area contributed by atoms with Gasteiger partial charge in [0, 0.05) is 29.9 Å². The third-order valence-corrected chi connectivity index (χ3v) is 3.76. The normalized spacial score (nSPS) is 10.8. The molecule has 5 heteroatoms. The fraction of sp³-hybridized carbons (Fsp3) is 0.333. The third kappa shape index (κ3) is 2.68. The molecule has 0 aliphatic heterocycles. The Balaban J connectivity index is 2.31. The van der Waals surface area contributed by atoms with Crippen LogP contribution in [0.5, 0.6) is 0 Å². The second kappa shape index (κ2) is 5.33. The largest absolute Gasteiger partial charge is 0.330 e. The minimum absolute atomic E-state index is 0.649. The highest BCUT2D eigenvalue weighted by atomic mass is 32.2. The monoisotopic (exact) mass is 248 g/mol. The second-order valence-corrected chi connectivity index (χ2v) is 4.88. The number of aromatic nitrogens is 3. The van der Waals surface area contributed by atoms with Crippen molar-refractivity contribution in [3.63, 3.8) is 0 Å². The van der Waals surface area contributed by atoms with Crippen molar-refractivity contribution in [1.29, 1.82) is 0 Å². The Bertz CT molecular complexity index is 493. The summed E-state index contributed by atoms with van der Waals surface area (Å²) in [7, 11) is 1.97. The SMILES string of the molecule is Cc1nn(C)c(Sc2ccncc2)c1CCN. The van der Waals surface area contributed by atoms with E-state index in [1.807, 2.05) is 30.8 Å². The van der Waals surface area contributed by atoms with Crippen LogP contribution >= 0.6 is 11.8 Å². The van der Waals surface area contributed by atoms with Crippen LogP contribution in [-0.2, 0) is 13.5 Å². The van der Waals surface area contributed by atoms with Crippen LogP contribution in [-0.4, -0.2) is 21.3 Å². The average molecular weight is 248 g/mol. The molecule has 0 bridgehead atoms. The summed E-state index contributed by atoms with van der Waals surface area (Å²) in [6.07, 6.45) is 4.47. The average Bonchev–Trinajstić information content (AvgIpc) is 2.58. The quantitative estimate of drug-likeness (QED) is 0.896. The number of aryl methyl sites for hydroxylation is 2. The molecule has 0 aliphatic carbocycles. The van der Waals surface area contributed by atoms with Gasteiger partial charge in [0.05, 0.1) is 5.69 Å². The van der Waals surface area contributed by atoms with E-state index in [1.165, 1.54) is 15.5 Å². The first kappa shape index (κ1) is 12.1. The van der Waals surface area contributed by atoms with Crippen molar-refractivity contribution >= 4 is 11.8 Å². The predicted octanol–water partition coefficient (Wildman–Crippen LogP) is 1.78. The third-order valence-electron chi connectivity index (χ3n) is 2.55. The van der Waals surface area contributed by atoms with Crippen LogP contribution in [0.4, 0.5) is 0 Å². The molecule has 90 valence electrons. The maximum Gasteiger partial charge on any atom is 0.102 e. The van der Waals surface area contributed by atoms with Crippen LogP contribution in [0.2, 0.25) is 0 Å². The van der Waals surface area contributed by atoms with Crippen LogP contribution in [0.15, 0.2) is 34.4 Å². The molecule has 0 fully saturated rings. The lowest BCUT2D eigenvalue weighted by atomic mass is 10.2. The van der Waals surface area contributed by atoms with E-state index >= 15 is 0 Å². The predicted molar refractivity (Wildman–Crippen MR) is 69.1 cm³/mol. The number of pyridine rings is 1. The van der Waals surface area contributed by atoms with Crippen molar-refractivity contribution in [3.8, 4) is 0 Å². The first-order chi connectivity index (χ1) is 8.22. The number of hydrogen-bond donors (Lipinski definition) is 1. The molecular formula is C12H16N4S. The molecule has 2 aromatic rings. The summed E-state index contributed by atoms with van der Waals surface area (Å²) in [5, 5.41) is 5.62. The van der Waals surface area contributed by atoms with Crippen molar-refractivity contribution in [2.75, 3.05) is 6.54 Å². The van der Waals surface area contributed by atoms with Crippen LogP contribution in [0.1, 0.15) is 11.3 Å². The molecule has 2 N–H and O–H groups in total. The molecule has 0 aliphatic rings. The molecule has 0 amide bonds. The lowest BCUT2D eigenvalue weighted by Gasteiger charge is -2.05. The van der Waals surface area contributed by atoms with Gasteiger partial charge in [-0.2, -0.15) is 5.10 Å². The Morgan fingerprint density at radius 1 is 1.35 bits per heavy atom. The molecule has 0 saturated heterocycles. The van der Waals surface area contributed by atoms with Crippen LogP contribution < -0.4 is 5.73 Å². The van der Waals surface area contributed by atoms with Gasteiger partial charge < -0.3 is 5.73 Å². The lowest BCUT2D eigenvalue weighted by molar-refractivity contribution is 0.688. The van der Waals surface area contributed by atoms with Gasteiger partial charge in [0.15, 0.2) is 0 Å². The van der Waals surface area contributed by atoms with E-state index in [4.69, 9.17) is 5.73 Å². The standard InChI is InChI=1S/C12H16N4S/c1-9-11(3-6-13)12(16(2)15-9)17-10-4-7-14-8-5-10/h4-5,7-8H,3,6,13H2,1-2H3. The van der Waals surface area contributed by atoms with E-state index in [2.05, 4.69) is 10.1 Å². The maximum absolute atomic E-state index is 5.64. The Labute approximate surface area is 105 Å². The van der Waals surface area contributed by atoms with Gasteiger partial charge in [-0.1, -0.05) is 11.8 Å². The van der Waals surface area contributed by atoms with Crippen molar-refractivity contribution in [3.05, 3.63) is 35.8 Å². The minimum atomic E-state index is 0.649. The zero-order valence-corrected chi connectivity index (χ0v) is 10.9. The molecule has 0 saturated carbocycles. The summed E-state index contributed by atoms with van der Waals surface area (Å²) in [6, 6.07) is 4.00. The molecule has 0 radical (unpaired) electrons. The van der Waals surface area contributed by atoms with E-state index < -0.39 is 0 Å². The molecule has 0 unspecified atom stereocenters. The van der Waals surface area contributed by atoms with E-state index in [0.29, 0.717) is 6.54 Å². The topological polar surface area (TPSA) is 56.7 Å². The van der Waals surface area contributed by atoms with Gasteiger partial charge in [-0.25, -0.2) is 0 Å². The van der Waals surface area contributed by atoms with Crippen LogP contribution in [0.3, 0.4) is 0 Å². The van der Waals surface area contributed by atoms with Crippen molar-refractivity contribution < 1.29 is 0 Å². The Hall–Kier alpha value is -1.33. The van der Waals surface area contributed by atoms with E-state index in [1.54, 1.807) is 24.2 Å². The summed E-state index contributed by atoms with van der Waals surface area (Å²) < 4.78 is 1.92. The highest BCUT2D eigenvalue weighted by molar-refractivity contribution is 7.99. The van der Waals surface area contributed by atoms with Gasteiger partial charge in [0.1, 0.15) is 5.03 Å². The smallest absolute Gasteiger partial charge is 0.102 e. The summed E-state index contributed by atoms with van der Waals surface area (Å²) in [6.45, 7) is 2.68. The van der Waals surface area contributed by atoms with Gasteiger partial charge in [-0.05, 0) is 32.0 Å². The van der Waals surface area contributed by atoms with Crippen LogP contribution in [0.25, 0.3) is 0 Å². The highest BCUT2D eigenvalue weighted by Crippen LogP contribution is 2.31. The van der Waals surface area contributed by atoms with Crippen molar-refractivity contribution in [1.82, 2.24) is 14.8 Å². The van der Waals surface area contributed by atoms with Crippen LogP contribution in [0, 0.1) is 6.92 Å². The summed E-state index contributed by atoms with van der Waals surface area (Å²) in [5.41, 5.74) is 7.96.